The zero-order valence-electron chi connectivity index (χ0n) is 13.6. The lowest BCUT2D eigenvalue weighted by molar-refractivity contribution is -0.145. The van der Waals surface area contributed by atoms with Gasteiger partial charge in [0.05, 0.1) is 5.75 Å². The third-order valence-corrected chi connectivity index (χ3v) is 5.03. The molecule has 0 unspecified atom stereocenters. The number of benzene rings is 2. The van der Waals surface area contributed by atoms with Crippen molar-refractivity contribution in [1.29, 1.82) is 0 Å². The van der Waals surface area contributed by atoms with Gasteiger partial charge < -0.3 is 10.1 Å². The van der Waals surface area contributed by atoms with E-state index in [2.05, 4.69) is 5.32 Å². The predicted octanol–water partition coefficient (Wildman–Crippen LogP) is 4.25. The summed E-state index contributed by atoms with van der Waals surface area (Å²) < 4.78 is 4.98. The van der Waals surface area contributed by atoms with Crippen LogP contribution in [0.25, 0.3) is 0 Å². The maximum absolute atomic E-state index is 11.8. The van der Waals surface area contributed by atoms with E-state index in [0.717, 1.165) is 16.0 Å². The van der Waals surface area contributed by atoms with Crippen LogP contribution in [0.4, 0.5) is 0 Å². The average Bonchev–Trinajstić information content (AvgIpc) is 2.58. The molecule has 0 aliphatic carbocycles. The molecule has 0 radical (unpaired) electrons. The minimum absolute atomic E-state index is 0.154. The van der Waals surface area contributed by atoms with Gasteiger partial charge in [0, 0.05) is 21.5 Å². The molecular formula is C18H17Cl2NO3S. The SMILES string of the molecule is Cc1ccccc1SCC(=O)OCC(=O)NCc1ccc(Cl)cc1Cl. The Morgan fingerprint density at radius 2 is 1.92 bits per heavy atom. The number of ether oxygens (including phenoxy) is 1. The van der Waals surface area contributed by atoms with Crippen molar-refractivity contribution in [2.24, 2.45) is 0 Å². The van der Waals surface area contributed by atoms with Crippen LogP contribution in [-0.2, 0) is 20.9 Å². The number of carbonyl (C=O) groups is 2. The molecular weight excluding hydrogens is 381 g/mol. The highest BCUT2D eigenvalue weighted by Crippen LogP contribution is 2.22. The summed E-state index contributed by atoms with van der Waals surface area (Å²) in [6.45, 7) is 1.89. The first-order chi connectivity index (χ1) is 12.0. The number of aryl methyl sites for hydroxylation is 1. The topological polar surface area (TPSA) is 55.4 Å². The Labute approximate surface area is 160 Å². The molecule has 2 rings (SSSR count). The van der Waals surface area contributed by atoms with Gasteiger partial charge in [-0.05, 0) is 36.2 Å². The molecule has 4 nitrogen and oxygen atoms in total. The Hall–Kier alpha value is -1.69. The molecule has 2 aromatic rings. The molecule has 0 spiro atoms. The Bertz CT molecular complexity index is 768. The molecule has 1 N–H and O–H groups in total. The fourth-order valence-electron chi connectivity index (χ4n) is 1.95. The molecule has 0 fully saturated rings. The lowest BCUT2D eigenvalue weighted by Gasteiger charge is -2.08. The van der Waals surface area contributed by atoms with E-state index in [4.69, 9.17) is 27.9 Å². The van der Waals surface area contributed by atoms with Crippen LogP contribution in [0.15, 0.2) is 47.4 Å². The highest BCUT2D eigenvalue weighted by atomic mass is 35.5. The standard InChI is InChI=1S/C18H17Cl2NO3S/c1-12-4-2-3-5-16(12)25-11-18(23)24-10-17(22)21-9-13-6-7-14(19)8-15(13)20/h2-8H,9-11H2,1H3,(H,21,22). The first kappa shape index (κ1) is 19.6. The number of rotatable bonds is 7. The summed E-state index contributed by atoms with van der Waals surface area (Å²) in [5.74, 6) is -0.672. The van der Waals surface area contributed by atoms with Crippen molar-refractivity contribution >= 4 is 46.8 Å². The average molecular weight is 398 g/mol. The third-order valence-electron chi connectivity index (χ3n) is 3.29. The van der Waals surface area contributed by atoms with Gasteiger partial charge in [-0.2, -0.15) is 0 Å². The van der Waals surface area contributed by atoms with E-state index in [-0.39, 0.29) is 24.8 Å². The fraction of sp³-hybridized carbons (Fsp3) is 0.222. The van der Waals surface area contributed by atoms with Gasteiger partial charge >= 0.3 is 5.97 Å². The lowest BCUT2D eigenvalue weighted by Crippen LogP contribution is -2.28. The van der Waals surface area contributed by atoms with Gasteiger partial charge in [-0.1, -0.05) is 47.5 Å². The maximum atomic E-state index is 11.8. The van der Waals surface area contributed by atoms with Crippen molar-refractivity contribution in [2.75, 3.05) is 12.4 Å². The number of hydrogen-bond acceptors (Lipinski definition) is 4. The molecule has 132 valence electrons. The number of halogens is 2. The van der Waals surface area contributed by atoms with Gasteiger partial charge in [0.25, 0.3) is 5.91 Å². The van der Waals surface area contributed by atoms with Crippen molar-refractivity contribution in [2.45, 2.75) is 18.4 Å². The Balaban J connectivity index is 1.70. The van der Waals surface area contributed by atoms with Crippen LogP contribution >= 0.6 is 35.0 Å². The Morgan fingerprint density at radius 1 is 1.16 bits per heavy atom. The van der Waals surface area contributed by atoms with E-state index in [0.29, 0.717) is 10.0 Å². The van der Waals surface area contributed by atoms with Crippen molar-refractivity contribution in [3.63, 3.8) is 0 Å². The van der Waals surface area contributed by atoms with Crippen LogP contribution in [0.5, 0.6) is 0 Å². The minimum Gasteiger partial charge on any atom is -0.455 e. The van der Waals surface area contributed by atoms with Gasteiger partial charge in [-0.3, -0.25) is 9.59 Å². The molecule has 7 heteroatoms. The summed E-state index contributed by atoms with van der Waals surface area (Å²) in [6.07, 6.45) is 0. The molecule has 2 aromatic carbocycles. The van der Waals surface area contributed by atoms with Crippen molar-refractivity contribution in [1.82, 2.24) is 5.32 Å². The second kappa shape index (κ2) is 9.70. The maximum Gasteiger partial charge on any atom is 0.316 e. The highest BCUT2D eigenvalue weighted by molar-refractivity contribution is 8.00. The molecule has 1 amide bonds. The summed E-state index contributed by atoms with van der Waals surface area (Å²) in [4.78, 5) is 24.5. The molecule has 0 bridgehead atoms. The van der Waals surface area contributed by atoms with Gasteiger partial charge in [0.2, 0.25) is 0 Å². The van der Waals surface area contributed by atoms with Crippen molar-refractivity contribution in [3.05, 3.63) is 63.6 Å². The normalized spacial score (nSPS) is 10.4. The molecule has 25 heavy (non-hydrogen) atoms. The van der Waals surface area contributed by atoms with Gasteiger partial charge in [0.1, 0.15) is 0 Å². The third kappa shape index (κ3) is 6.61. The van der Waals surface area contributed by atoms with Crippen LogP contribution in [0.3, 0.4) is 0 Å². The fourth-order valence-corrected chi connectivity index (χ4v) is 3.26. The Morgan fingerprint density at radius 3 is 2.64 bits per heavy atom. The zero-order valence-corrected chi connectivity index (χ0v) is 15.9. The number of nitrogens with one attached hydrogen (secondary N) is 1. The second-order valence-corrected chi connectivity index (χ2v) is 7.09. The molecule has 0 aromatic heterocycles. The second-order valence-electron chi connectivity index (χ2n) is 5.23. The molecule has 0 saturated heterocycles. The van der Waals surface area contributed by atoms with Crippen molar-refractivity contribution in [3.8, 4) is 0 Å². The van der Waals surface area contributed by atoms with Crippen LogP contribution in [0.1, 0.15) is 11.1 Å². The summed E-state index contributed by atoms with van der Waals surface area (Å²) in [6, 6.07) is 12.8. The van der Waals surface area contributed by atoms with E-state index < -0.39 is 5.97 Å². The van der Waals surface area contributed by atoms with Gasteiger partial charge in [-0.15, -0.1) is 11.8 Å². The first-order valence-electron chi connectivity index (χ1n) is 7.50. The molecule has 0 aliphatic rings. The number of esters is 1. The summed E-state index contributed by atoms with van der Waals surface area (Å²) in [7, 11) is 0. The van der Waals surface area contributed by atoms with E-state index in [1.165, 1.54) is 11.8 Å². The van der Waals surface area contributed by atoms with Crippen LogP contribution in [0.2, 0.25) is 10.0 Å². The number of carbonyl (C=O) groups excluding carboxylic acids is 2. The Kier molecular flexibility index (Phi) is 7.62. The van der Waals surface area contributed by atoms with E-state index in [9.17, 15) is 9.59 Å². The molecule has 0 atom stereocenters. The van der Waals surface area contributed by atoms with Crippen LogP contribution < -0.4 is 5.32 Å². The number of amides is 1. The van der Waals surface area contributed by atoms with Crippen molar-refractivity contribution < 1.29 is 14.3 Å². The lowest BCUT2D eigenvalue weighted by atomic mass is 10.2. The van der Waals surface area contributed by atoms with Crippen LogP contribution in [0, 0.1) is 6.92 Å². The molecule has 0 aliphatic heterocycles. The summed E-state index contributed by atoms with van der Waals surface area (Å²) in [5, 5.41) is 3.65. The molecule has 0 saturated carbocycles. The quantitative estimate of drug-likeness (QED) is 0.560. The van der Waals surface area contributed by atoms with E-state index in [1.807, 2.05) is 31.2 Å². The largest absolute Gasteiger partial charge is 0.455 e. The summed E-state index contributed by atoms with van der Waals surface area (Å²) >= 11 is 13.2. The zero-order chi connectivity index (χ0) is 18.2. The summed E-state index contributed by atoms with van der Waals surface area (Å²) in [5.41, 5.74) is 1.83. The highest BCUT2D eigenvalue weighted by Gasteiger charge is 2.10. The van der Waals surface area contributed by atoms with Gasteiger partial charge in [0.15, 0.2) is 6.61 Å². The van der Waals surface area contributed by atoms with E-state index in [1.54, 1.807) is 18.2 Å². The van der Waals surface area contributed by atoms with Crippen LogP contribution in [-0.4, -0.2) is 24.2 Å². The monoisotopic (exact) mass is 397 g/mol. The van der Waals surface area contributed by atoms with E-state index >= 15 is 0 Å². The smallest absolute Gasteiger partial charge is 0.316 e. The number of hydrogen-bond donors (Lipinski definition) is 1. The number of thioether (sulfide) groups is 1. The minimum atomic E-state index is -0.437. The predicted molar refractivity (Wildman–Crippen MR) is 101 cm³/mol. The van der Waals surface area contributed by atoms with Gasteiger partial charge in [-0.25, -0.2) is 0 Å². The molecule has 0 heterocycles. The first-order valence-corrected chi connectivity index (χ1v) is 9.24.